The molecule has 14 heavy (non-hydrogen) atoms. The summed E-state index contributed by atoms with van der Waals surface area (Å²) in [7, 11) is 0. The molecule has 0 amide bonds. The van der Waals surface area contributed by atoms with Gasteiger partial charge >= 0.3 is 0 Å². The number of rotatable bonds is 4. The van der Waals surface area contributed by atoms with Gasteiger partial charge in [-0.3, -0.25) is 0 Å². The summed E-state index contributed by atoms with van der Waals surface area (Å²) in [6.45, 7) is 11.0. The van der Waals surface area contributed by atoms with Gasteiger partial charge in [-0.1, -0.05) is 20.8 Å². The van der Waals surface area contributed by atoms with Crippen molar-refractivity contribution in [1.29, 1.82) is 0 Å². The molecule has 1 aliphatic heterocycles. The monoisotopic (exact) mass is 199 g/mol. The predicted molar refractivity (Wildman–Crippen MR) is 60.5 cm³/mol. The predicted octanol–water partition coefficient (Wildman–Crippen LogP) is 2.58. The molecule has 2 nitrogen and oxygen atoms in total. The molecule has 2 heteroatoms. The van der Waals surface area contributed by atoms with Gasteiger partial charge in [-0.2, -0.15) is 0 Å². The Kier molecular flexibility index (Phi) is 4.39. The Morgan fingerprint density at radius 1 is 1.50 bits per heavy atom. The Morgan fingerprint density at radius 3 is 2.79 bits per heavy atom. The third-order valence-corrected chi connectivity index (χ3v) is 2.93. The van der Waals surface area contributed by atoms with Crippen molar-refractivity contribution in [2.24, 2.45) is 5.92 Å². The highest BCUT2D eigenvalue weighted by Gasteiger charge is 2.33. The van der Waals surface area contributed by atoms with Gasteiger partial charge in [0.1, 0.15) is 0 Å². The van der Waals surface area contributed by atoms with Crippen molar-refractivity contribution in [3.05, 3.63) is 0 Å². The van der Waals surface area contributed by atoms with Crippen LogP contribution in [0.1, 0.15) is 47.0 Å². The van der Waals surface area contributed by atoms with Gasteiger partial charge in [-0.25, -0.2) is 0 Å². The maximum atomic E-state index is 5.91. The van der Waals surface area contributed by atoms with E-state index < -0.39 is 0 Å². The van der Waals surface area contributed by atoms with Gasteiger partial charge in [-0.05, 0) is 38.6 Å². The molecule has 0 aliphatic carbocycles. The van der Waals surface area contributed by atoms with Crippen LogP contribution >= 0.6 is 0 Å². The summed E-state index contributed by atoms with van der Waals surface area (Å²) in [5.41, 5.74) is 0.110. The number of hydrogen-bond acceptors (Lipinski definition) is 2. The van der Waals surface area contributed by atoms with Crippen LogP contribution in [0.15, 0.2) is 0 Å². The molecular formula is C12H25NO. The lowest BCUT2D eigenvalue weighted by atomic mass is 9.85. The van der Waals surface area contributed by atoms with Gasteiger partial charge in [0, 0.05) is 12.6 Å². The minimum absolute atomic E-state index is 0.110. The van der Waals surface area contributed by atoms with E-state index in [1.807, 2.05) is 0 Å². The first-order chi connectivity index (χ1) is 6.56. The second-order valence-corrected chi connectivity index (χ2v) is 5.14. The first-order valence-corrected chi connectivity index (χ1v) is 5.93. The normalized spacial score (nSPS) is 33.6. The van der Waals surface area contributed by atoms with Crippen LogP contribution in [0.25, 0.3) is 0 Å². The van der Waals surface area contributed by atoms with Crippen molar-refractivity contribution in [2.45, 2.75) is 58.6 Å². The molecule has 1 aliphatic rings. The molecule has 1 fully saturated rings. The lowest BCUT2D eigenvalue weighted by Gasteiger charge is -2.39. The fraction of sp³-hybridized carbons (Fsp3) is 1.00. The summed E-state index contributed by atoms with van der Waals surface area (Å²) in [6.07, 6.45) is 3.51. The zero-order valence-corrected chi connectivity index (χ0v) is 10.1. The Balaban J connectivity index is 2.44. The van der Waals surface area contributed by atoms with E-state index in [9.17, 15) is 0 Å². The van der Waals surface area contributed by atoms with Gasteiger partial charge in [0.15, 0.2) is 0 Å². The van der Waals surface area contributed by atoms with Gasteiger partial charge in [-0.15, -0.1) is 0 Å². The maximum absolute atomic E-state index is 5.91. The summed E-state index contributed by atoms with van der Waals surface area (Å²) in [5.74, 6) is 0.723. The molecule has 84 valence electrons. The molecule has 0 radical (unpaired) electrons. The van der Waals surface area contributed by atoms with Crippen molar-refractivity contribution in [2.75, 3.05) is 13.2 Å². The molecule has 1 rings (SSSR count). The molecule has 1 saturated heterocycles. The highest BCUT2D eigenvalue weighted by molar-refractivity contribution is 4.86. The van der Waals surface area contributed by atoms with Crippen LogP contribution < -0.4 is 5.32 Å². The average molecular weight is 199 g/mol. The summed E-state index contributed by atoms with van der Waals surface area (Å²) >= 11 is 0. The number of nitrogens with one attached hydrogen (secondary N) is 1. The molecule has 1 heterocycles. The van der Waals surface area contributed by atoms with E-state index >= 15 is 0 Å². The average Bonchev–Trinajstić information content (AvgIpc) is 2.01. The third kappa shape index (κ3) is 3.58. The zero-order chi connectivity index (χ0) is 10.6. The molecule has 0 aromatic rings. The SMILES string of the molecule is CCNC1CCOC(C)(CC(C)C)C1. The first kappa shape index (κ1) is 12.0. The quantitative estimate of drug-likeness (QED) is 0.751. The highest BCUT2D eigenvalue weighted by atomic mass is 16.5. The van der Waals surface area contributed by atoms with E-state index in [1.54, 1.807) is 0 Å². The number of ether oxygens (including phenoxy) is 1. The van der Waals surface area contributed by atoms with Gasteiger partial charge in [0.25, 0.3) is 0 Å². The molecule has 1 N–H and O–H groups in total. The fourth-order valence-corrected chi connectivity index (χ4v) is 2.60. The second-order valence-electron chi connectivity index (χ2n) is 5.14. The van der Waals surface area contributed by atoms with Gasteiger partial charge in [0.05, 0.1) is 5.60 Å². The van der Waals surface area contributed by atoms with Crippen LogP contribution in [0, 0.1) is 5.92 Å². The Labute approximate surface area is 88.4 Å². The van der Waals surface area contributed by atoms with Crippen molar-refractivity contribution in [1.82, 2.24) is 5.32 Å². The smallest absolute Gasteiger partial charge is 0.0671 e. The molecule has 0 aromatic carbocycles. The molecule has 0 spiro atoms. The van der Waals surface area contributed by atoms with Crippen LogP contribution in [-0.4, -0.2) is 24.8 Å². The third-order valence-electron chi connectivity index (χ3n) is 2.93. The van der Waals surface area contributed by atoms with E-state index in [1.165, 1.54) is 19.3 Å². The summed E-state index contributed by atoms with van der Waals surface area (Å²) in [6, 6.07) is 0.664. The van der Waals surface area contributed by atoms with Gasteiger partial charge in [0.2, 0.25) is 0 Å². The molecule has 0 bridgehead atoms. The Hall–Kier alpha value is -0.0800. The number of hydrogen-bond donors (Lipinski definition) is 1. The van der Waals surface area contributed by atoms with E-state index in [0.717, 1.165) is 19.1 Å². The lowest BCUT2D eigenvalue weighted by molar-refractivity contribution is -0.0869. The van der Waals surface area contributed by atoms with Crippen LogP contribution in [0.5, 0.6) is 0 Å². The highest BCUT2D eigenvalue weighted by Crippen LogP contribution is 2.30. The molecular weight excluding hydrogens is 174 g/mol. The maximum Gasteiger partial charge on any atom is 0.0671 e. The van der Waals surface area contributed by atoms with Crippen LogP contribution in [0.2, 0.25) is 0 Å². The Morgan fingerprint density at radius 2 is 2.21 bits per heavy atom. The van der Waals surface area contributed by atoms with E-state index in [4.69, 9.17) is 4.74 Å². The zero-order valence-electron chi connectivity index (χ0n) is 10.1. The molecule has 2 atom stereocenters. The standard InChI is InChI=1S/C12H25NO/c1-5-13-11-6-7-14-12(4,9-11)8-10(2)3/h10-11,13H,5-9H2,1-4H3. The van der Waals surface area contributed by atoms with Crippen molar-refractivity contribution < 1.29 is 4.74 Å². The van der Waals surface area contributed by atoms with Crippen LogP contribution in [0.4, 0.5) is 0 Å². The topological polar surface area (TPSA) is 21.3 Å². The van der Waals surface area contributed by atoms with Gasteiger partial charge < -0.3 is 10.1 Å². The lowest BCUT2D eigenvalue weighted by Crippen LogP contribution is -2.45. The van der Waals surface area contributed by atoms with Crippen molar-refractivity contribution in [3.8, 4) is 0 Å². The van der Waals surface area contributed by atoms with Crippen molar-refractivity contribution in [3.63, 3.8) is 0 Å². The van der Waals surface area contributed by atoms with E-state index in [0.29, 0.717) is 6.04 Å². The summed E-state index contributed by atoms with van der Waals surface area (Å²) in [4.78, 5) is 0. The minimum atomic E-state index is 0.110. The second kappa shape index (κ2) is 5.13. The summed E-state index contributed by atoms with van der Waals surface area (Å²) < 4.78 is 5.91. The minimum Gasteiger partial charge on any atom is -0.375 e. The van der Waals surface area contributed by atoms with E-state index in [-0.39, 0.29) is 5.60 Å². The van der Waals surface area contributed by atoms with Crippen molar-refractivity contribution >= 4 is 0 Å². The summed E-state index contributed by atoms with van der Waals surface area (Å²) in [5, 5.41) is 3.53. The molecule has 0 saturated carbocycles. The first-order valence-electron chi connectivity index (χ1n) is 5.93. The molecule has 2 unspecified atom stereocenters. The van der Waals surface area contributed by atoms with E-state index in [2.05, 4.69) is 33.0 Å². The van der Waals surface area contributed by atoms with Crippen LogP contribution in [-0.2, 0) is 4.74 Å². The van der Waals surface area contributed by atoms with Crippen LogP contribution in [0.3, 0.4) is 0 Å². The fourth-order valence-electron chi connectivity index (χ4n) is 2.60. The Bertz CT molecular complexity index is 168. The molecule has 0 aromatic heterocycles. The largest absolute Gasteiger partial charge is 0.375 e.